The summed E-state index contributed by atoms with van der Waals surface area (Å²) in [4.78, 5) is 6.99. The SMILES string of the molecule is COc1cc2c(-c3ccc(C(C)C)cc3)nc(=N)n(Cc3ccccc3)c2cc1[I-]C. The Morgan fingerprint density at radius 2 is 1.74 bits per heavy atom. The standard InChI is InChI=1S/C26H27IN3O/c1-17(2)19-10-12-20(13-11-19)25-21-14-24(31-4)22(27-3)15-23(21)30(26(28)29-25)16-18-8-6-5-7-9-18/h5-15,17,28H,16H2,1-4H3/q-1. The Balaban J connectivity index is 1.97. The van der Waals surface area contributed by atoms with E-state index < -0.39 is 0 Å². The fourth-order valence-corrected chi connectivity index (χ4v) is 5.29. The molecular formula is C26H27IN3O-. The Hall–Kier alpha value is -2.67. The van der Waals surface area contributed by atoms with Crippen LogP contribution in [0, 0.1) is 8.98 Å². The average molecular weight is 524 g/mol. The van der Waals surface area contributed by atoms with Gasteiger partial charge in [-0.05, 0) is 0 Å². The molecule has 31 heavy (non-hydrogen) atoms. The van der Waals surface area contributed by atoms with E-state index in [0.29, 0.717) is 12.5 Å². The molecule has 0 atom stereocenters. The van der Waals surface area contributed by atoms with Crippen LogP contribution in [0.4, 0.5) is 0 Å². The molecule has 0 aliphatic carbocycles. The molecule has 4 nitrogen and oxygen atoms in total. The van der Waals surface area contributed by atoms with Gasteiger partial charge in [0.05, 0.1) is 0 Å². The summed E-state index contributed by atoms with van der Waals surface area (Å²) >= 11 is -0.174. The van der Waals surface area contributed by atoms with E-state index in [1.165, 1.54) is 9.13 Å². The summed E-state index contributed by atoms with van der Waals surface area (Å²) in [6.45, 7) is 5.00. The summed E-state index contributed by atoms with van der Waals surface area (Å²) in [6, 6.07) is 23.1. The third kappa shape index (κ3) is 4.37. The van der Waals surface area contributed by atoms with Gasteiger partial charge in [-0.3, -0.25) is 0 Å². The first-order valence-electron chi connectivity index (χ1n) is 10.3. The number of nitrogens with zero attached hydrogens (tertiary/aromatic N) is 2. The number of alkyl halides is 1. The predicted octanol–water partition coefficient (Wildman–Crippen LogP) is 2.25. The molecule has 0 saturated carbocycles. The van der Waals surface area contributed by atoms with Crippen molar-refractivity contribution in [2.75, 3.05) is 12.0 Å². The number of nitrogens with one attached hydrogen (secondary N) is 1. The maximum absolute atomic E-state index is 8.76. The van der Waals surface area contributed by atoms with Gasteiger partial charge in [0.2, 0.25) is 0 Å². The minimum absolute atomic E-state index is 0.174. The van der Waals surface area contributed by atoms with Crippen molar-refractivity contribution in [1.29, 1.82) is 5.41 Å². The molecule has 0 aliphatic heterocycles. The van der Waals surface area contributed by atoms with E-state index in [1.807, 2.05) is 22.8 Å². The third-order valence-corrected chi connectivity index (χ3v) is 7.53. The van der Waals surface area contributed by atoms with Gasteiger partial charge in [0.15, 0.2) is 0 Å². The van der Waals surface area contributed by atoms with E-state index in [0.717, 1.165) is 33.5 Å². The van der Waals surface area contributed by atoms with E-state index in [4.69, 9.17) is 15.1 Å². The third-order valence-electron chi connectivity index (χ3n) is 5.53. The summed E-state index contributed by atoms with van der Waals surface area (Å²) in [5.74, 6) is 1.39. The van der Waals surface area contributed by atoms with Crippen molar-refractivity contribution in [2.24, 2.45) is 0 Å². The van der Waals surface area contributed by atoms with Crippen LogP contribution in [0.3, 0.4) is 0 Å². The van der Waals surface area contributed by atoms with E-state index >= 15 is 0 Å². The summed E-state index contributed by atoms with van der Waals surface area (Å²) in [6.07, 6.45) is 0. The van der Waals surface area contributed by atoms with E-state index in [1.54, 1.807) is 7.11 Å². The van der Waals surface area contributed by atoms with Gasteiger partial charge in [0.25, 0.3) is 0 Å². The fourth-order valence-electron chi connectivity index (χ4n) is 3.77. The molecular weight excluding hydrogens is 497 g/mol. The number of methoxy groups -OCH3 is 1. The van der Waals surface area contributed by atoms with Gasteiger partial charge >= 0.3 is 194 Å². The maximum atomic E-state index is 8.76. The van der Waals surface area contributed by atoms with Gasteiger partial charge in [0, 0.05) is 0 Å². The fraction of sp³-hybridized carbons (Fsp3) is 0.231. The van der Waals surface area contributed by atoms with Gasteiger partial charge in [-0.25, -0.2) is 0 Å². The van der Waals surface area contributed by atoms with Crippen molar-refractivity contribution < 1.29 is 25.9 Å². The van der Waals surface area contributed by atoms with Crippen LogP contribution in [0.5, 0.6) is 5.75 Å². The summed E-state index contributed by atoms with van der Waals surface area (Å²) in [7, 11) is 1.73. The number of benzene rings is 3. The molecule has 4 rings (SSSR count). The molecule has 0 unspecified atom stereocenters. The Bertz CT molecular complexity index is 1260. The van der Waals surface area contributed by atoms with Crippen molar-refractivity contribution in [3.63, 3.8) is 0 Å². The number of halogens is 1. The second-order valence-electron chi connectivity index (χ2n) is 7.83. The number of ether oxygens (including phenoxy) is 1. The van der Waals surface area contributed by atoms with E-state index in [-0.39, 0.29) is 26.8 Å². The molecule has 1 heterocycles. The molecule has 1 aromatic heterocycles. The van der Waals surface area contributed by atoms with Crippen molar-refractivity contribution in [3.8, 4) is 17.0 Å². The van der Waals surface area contributed by atoms with Crippen molar-refractivity contribution >= 4 is 10.9 Å². The van der Waals surface area contributed by atoms with E-state index in [2.05, 4.69) is 67.3 Å². The molecule has 0 aliphatic rings. The first-order valence-corrected chi connectivity index (χ1v) is 13.6. The molecule has 0 spiro atoms. The first-order chi connectivity index (χ1) is 15.0. The van der Waals surface area contributed by atoms with Crippen LogP contribution in [0.25, 0.3) is 22.2 Å². The molecule has 0 radical (unpaired) electrons. The summed E-state index contributed by atoms with van der Waals surface area (Å²) < 4.78 is 8.96. The molecule has 0 saturated heterocycles. The van der Waals surface area contributed by atoms with Gasteiger partial charge in [0.1, 0.15) is 0 Å². The molecule has 0 bridgehead atoms. The Morgan fingerprint density at radius 1 is 1.03 bits per heavy atom. The van der Waals surface area contributed by atoms with Gasteiger partial charge in [-0.15, -0.1) is 0 Å². The zero-order valence-corrected chi connectivity index (χ0v) is 20.5. The molecule has 160 valence electrons. The van der Waals surface area contributed by atoms with Crippen LogP contribution in [0.2, 0.25) is 0 Å². The Kier molecular flexibility index (Phi) is 6.41. The van der Waals surface area contributed by atoms with Gasteiger partial charge in [-0.1, -0.05) is 0 Å². The number of rotatable bonds is 6. The van der Waals surface area contributed by atoms with Crippen molar-refractivity contribution in [1.82, 2.24) is 9.55 Å². The van der Waals surface area contributed by atoms with Crippen LogP contribution in [0.1, 0.15) is 30.9 Å². The van der Waals surface area contributed by atoms with Crippen molar-refractivity contribution in [2.45, 2.75) is 26.3 Å². The molecule has 3 aromatic carbocycles. The van der Waals surface area contributed by atoms with Gasteiger partial charge in [-0.2, -0.15) is 0 Å². The second-order valence-corrected chi connectivity index (χ2v) is 10.1. The second kappa shape index (κ2) is 9.22. The van der Waals surface area contributed by atoms with Crippen LogP contribution in [0.15, 0.2) is 66.7 Å². The summed E-state index contributed by atoms with van der Waals surface area (Å²) in [5.41, 5.74) is 5.61. The topological polar surface area (TPSA) is 50.9 Å². The number of aromatic nitrogens is 2. The predicted molar refractivity (Wildman–Crippen MR) is 122 cm³/mol. The van der Waals surface area contributed by atoms with Crippen LogP contribution < -0.4 is 31.6 Å². The zero-order valence-electron chi connectivity index (χ0n) is 18.3. The van der Waals surface area contributed by atoms with Crippen LogP contribution in [-0.4, -0.2) is 21.6 Å². The first kappa shape index (κ1) is 21.6. The number of hydrogen-bond donors (Lipinski definition) is 1. The Morgan fingerprint density at radius 3 is 2.35 bits per heavy atom. The molecule has 1 N–H and O–H groups in total. The molecule has 4 aromatic rings. The minimum atomic E-state index is -0.174. The number of fused-ring (bicyclic) bond motifs is 1. The molecule has 0 fully saturated rings. The number of hydrogen-bond acceptors (Lipinski definition) is 3. The zero-order chi connectivity index (χ0) is 22.0. The summed E-state index contributed by atoms with van der Waals surface area (Å²) in [5, 5.41) is 9.77. The van der Waals surface area contributed by atoms with E-state index in [9.17, 15) is 0 Å². The molecule has 0 amide bonds. The average Bonchev–Trinajstić information content (AvgIpc) is 2.80. The van der Waals surface area contributed by atoms with Crippen LogP contribution in [-0.2, 0) is 6.54 Å². The monoisotopic (exact) mass is 524 g/mol. The van der Waals surface area contributed by atoms with Crippen molar-refractivity contribution in [3.05, 3.63) is 87.0 Å². The Labute approximate surface area is 193 Å². The van der Waals surface area contributed by atoms with Gasteiger partial charge < -0.3 is 0 Å². The molecule has 5 heteroatoms. The van der Waals surface area contributed by atoms with Crippen LogP contribution >= 0.6 is 0 Å². The normalized spacial score (nSPS) is 11.4. The quantitative estimate of drug-likeness (QED) is 0.311.